The minimum Gasteiger partial charge on any atom is -0.497 e. The van der Waals surface area contributed by atoms with Crippen molar-refractivity contribution in [3.05, 3.63) is 23.8 Å². The van der Waals surface area contributed by atoms with E-state index in [9.17, 15) is 4.79 Å². The van der Waals surface area contributed by atoms with Crippen LogP contribution in [0.2, 0.25) is 0 Å². The molecule has 0 N–H and O–H groups in total. The number of rotatable bonds is 5. The van der Waals surface area contributed by atoms with Gasteiger partial charge in [0.1, 0.15) is 11.5 Å². The highest BCUT2D eigenvalue weighted by atomic mass is 16.5. The van der Waals surface area contributed by atoms with Crippen molar-refractivity contribution in [2.75, 3.05) is 27.4 Å². The zero-order chi connectivity index (χ0) is 17.0. The Kier molecular flexibility index (Phi) is 5.52. The van der Waals surface area contributed by atoms with E-state index in [-0.39, 0.29) is 17.6 Å². The zero-order valence-electron chi connectivity index (χ0n) is 14.7. The zero-order valence-corrected chi connectivity index (χ0v) is 14.7. The van der Waals surface area contributed by atoms with E-state index < -0.39 is 0 Å². The molecule has 0 bridgehead atoms. The van der Waals surface area contributed by atoms with Gasteiger partial charge in [-0.25, -0.2) is 0 Å². The molecule has 0 aromatic heterocycles. The van der Waals surface area contributed by atoms with Gasteiger partial charge in [0.15, 0.2) is 0 Å². The van der Waals surface area contributed by atoms with Crippen molar-refractivity contribution in [3.8, 4) is 11.5 Å². The molecule has 5 heteroatoms. The van der Waals surface area contributed by atoms with Crippen LogP contribution in [0.5, 0.6) is 11.5 Å². The van der Waals surface area contributed by atoms with E-state index in [0.29, 0.717) is 30.2 Å². The average molecular weight is 321 g/mol. The second kappa shape index (κ2) is 7.21. The van der Waals surface area contributed by atoms with E-state index in [0.717, 1.165) is 12.8 Å². The van der Waals surface area contributed by atoms with Crippen molar-refractivity contribution in [1.29, 1.82) is 0 Å². The number of amides is 1. The molecule has 5 nitrogen and oxygen atoms in total. The Labute approximate surface area is 138 Å². The minimum atomic E-state index is -0.194. The summed E-state index contributed by atoms with van der Waals surface area (Å²) in [6, 6.07) is 5.49. The summed E-state index contributed by atoms with van der Waals surface area (Å²) >= 11 is 0. The summed E-state index contributed by atoms with van der Waals surface area (Å²) in [5.41, 5.74) is 0.375. The van der Waals surface area contributed by atoms with Gasteiger partial charge < -0.3 is 19.1 Å². The van der Waals surface area contributed by atoms with Gasteiger partial charge in [-0.3, -0.25) is 4.79 Å². The van der Waals surface area contributed by atoms with Crippen LogP contribution in [-0.4, -0.2) is 49.8 Å². The van der Waals surface area contributed by atoms with Gasteiger partial charge >= 0.3 is 0 Å². The van der Waals surface area contributed by atoms with E-state index in [1.807, 2.05) is 11.8 Å². The fourth-order valence-corrected chi connectivity index (χ4v) is 3.16. The quantitative estimate of drug-likeness (QED) is 0.836. The summed E-state index contributed by atoms with van der Waals surface area (Å²) < 4.78 is 16.4. The number of ether oxygens (including phenoxy) is 3. The molecular weight excluding hydrogens is 294 g/mol. The van der Waals surface area contributed by atoms with Gasteiger partial charge in [0.2, 0.25) is 0 Å². The summed E-state index contributed by atoms with van der Waals surface area (Å²) in [6.45, 7) is 7.50. The van der Waals surface area contributed by atoms with E-state index >= 15 is 0 Å². The highest BCUT2D eigenvalue weighted by molar-refractivity contribution is 5.97. The Bertz CT molecular complexity index is 556. The van der Waals surface area contributed by atoms with E-state index in [4.69, 9.17) is 14.2 Å². The summed E-state index contributed by atoms with van der Waals surface area (Å²) in [6.07, 6.45) is 1.70. The van der Waals surface area contributed by atoms with Crippen LogP contribution in [0.25, 0.3) is 0 Å². The second-order valence-electron chi connectivity index (χ2n) is 6.41. The molecule has 128 valence electrons. The molecule has 0 saturated carbocycles. The van der Waals surface area contributed by atoms with Crippen LogP contribution in [0.3, 0.4) is 0 Å². The number of benzene rings is 1. The number of hydrogen-bond acceptors (Lipinski definition) is 4. The Hall–Kier alpha value is -1.75. The van der Waals surface area contributed by atoms with Crippen LogP contribution in [0.1, 0.15) is 44.0 Å². The highest BCUT2D eigenvalue weighted by Gasteiger charge is 2.34. The number of nitrogens with zero attached hydrogens (tertiary/aromatic N) is 1. The highest BCUT2D eigenvalue weighted by Crippen LogP contribution is 2.31. The maximum atomic E-state index is 13.0. The molecular formula is C18H27NO4. The molecule has 0 radical (unpaired) electrons. The maximum Gasteiger partial charge on any atom is 0.257 e. The largest absolute Gasteiger partial charge is 0.497 e. The Balaban J connectivity index is 2.26. The van der Waals surface area contributed by atoms with Gasteiger partial charge in [-0.05, 0) is 45.7 Å². The average Bonchev–Trinajstić information content (AvgIpc) is 2.53. The third kappa shape index (κ3) is 3.96. The minimum absolute atomic E-state index is 0.00490. The second-order valence-corrected chi connectivity index (χ2v) is 6.41. The smallest absolute Gasteiger partial charge is 0.257 e. The molecule has 0 aliphatic carbocycles. The van der Waals surface area contributed by atoms with Gasteiger partial charge in [-0.1, -0.05) is 0 Å². The topological polar surface area (TPSA) is 48.0 Å². The first-order valence-electron chi connectivity index (χ1n) is 8.08. The Morgan fingerprint density at radius 2 is 2.09 bits per heavy atom. The van der Waals surface area contributed by atoms with Gasteiger partial charge in [-0.15, -0.1) is 0 Å². The standard InChI is InChI=1S/C18H27NO4/c1-6-19(13-9-10-23-18(2,3)12-13)17(20)15-8-7-14(21-4)11-16(15)22-5/h7-8,11,13H,6,9-10,12H2,1-5H3/t13-/m0/s1. The predicted molar refractivity (Wildman–Crippen MR) is 89.3 cm³/mol. The molecule has 0 unspecified atom stereocenters. The fraction of sp³-hybridized carbons (Fsp3) is 0.611. The summed E-state index contributed by atoms with van der Waals surface area (Å²) in [7, 11) is 3.16. The molecule has 1 aliphatic heterocycles. The Morgan fingerprint density at radius 1 is 1.35 bits per heavy atom. The van der Waals surface area contributed by atoms with Gasteiger partial charge in [0, 0.05) is 25.3 Å². The van der Waals surface area contributed by atoms with Crippen LogP contribution in [0, 0.1) is 0 Å². The molecule has 1 aromatic carbocycles. The lowest BCUT2D eigenvalue weighted by Gasteiger charge is -2.41. The number of hydrogen-bond donors (Lipinski definition) is 0. The normalized spacial score (nSPS) is 20.0. The van der Waals surface area contributed by atoms with Crippen molar-refractivity contribution in [2.45, 2.75) is 45.3 Å². The third-order valence-electron chi connectivity index (χ3n) is 4.35. The van der Waals surface area contributed by atoms with Crippen molar-refractivity contribution in [3.63, 3.8) is 0 Å². The van der Waals surface area contributed by atoms with Gasteiger partial charge in [0.25, 0.3) is 5.91 Å². The summed E-state index contributed by atoms with van der Waals surface area (Å²) in [5, 5.41) is 0. The molecule has 1 aliphatic rings. The van der Waals surface area contributed by atoms with Crippen LogP contribution >= 0.6 is 0 Å². The molecule has 1 fully saturated rings. The van der Waals surface area contributed by atoms with Crippen molar-refractivity contribution in [1.82, 2.24) is 4.90 Å². The molecule has 1 amide bonds. The van der Waals surface area contributed by atoms with Crippen LogP contribution in [-0.2, 0) is 4.74 Å². The lowest BCUT2D eigenvalue weighted by Crippen LogP contribution is -2.48. The third-order valence-corrected chi connectivity index (χ3v) is 4.35. The maximum absolute atomic E-state index is 13.0. The number of carbonyl (C=O) groups is 1. The lowest BCUT2D eigenvalue weighted by molar-refractivity contribution is -0.0777. The van der Waals surface area contributed by atoms with Crippen LogP contribution in [0.4, 0.5) is 0 Å². The van der Waals surface area contributed by atoms with Crippen molar-refractivity contribution in [2.24, 2.45) is 0 Å². The van der Waals surface area contributed by atoms with Gasteiger partial charge in [-0.2, -0.15) is 0 Å². The Morgan fingerprint density at radius 3 is 2.65 bits per heavy atom. The van der Waals surface area contributed by atoms with Crippen molar-refractivity contribution < 1.29 is 19.0 Å². The molecule has 1 aromatic rings. The van der Waals surface area contributed by atoms with Gasteiger partial charge in [0.05, 0.1) is 25.4 Å². The molecule has 1 saturated heterocycles. The molecule has 1 atom stereocenters. The van der Waals surface area contributed by atoms with E-state index in [2.05, 4.69) is 13.8 Å². The van der Waals surface area contributed by atoms with Crippen molar-refractivity contribution >= 4 is 5.91 Å². The SMILES string of the molecule is CCN(C(=O)c1ccc(OC)cc1OC)[C@H]1CCOC(C)(C)C1. The number of methoxy groups -OCH3 is 2. The van der Waals surface area contributed by atoms with Crippen LogP contribution in [0.15, 0.2) is 18.2 Å². The first-order valence-corrected chi connectivity index (χ1v) is 8.08. The predicted octanol–water partition coefficient (Wildman–Crippen LogP) is 3.12. The summed E-state index contributed by atoms with van der Waals surface area (Å²) in [4.78, 5) is 15.0. The first-order chi connectivity index (χ1) is 10.9. The summed E-state index contributed by atoms with van der Waals surface area (Å²) in [5.74, 6) is 1.21. The number of carbonyl (C=O) groups excluding carboxylic acids is 1. The first kappa shape index (κ1) is 17.6. The monoisotopic (exact) mass is 321 g/mol. The molecule has 1 heterocycles. The lowest BCUT2D eigenvalue weighted by atomic mass is 9.92. The fourth-order valence-electron chi connectivity index (χ4n) is 3.16. The molecule has 2 rings (SSSR count). The molecule has 23 heavy (non-hydrogen) atoms. The van der Waals surface area contributed by atoms with E-state index in [1.165, 1.54) is 0 Å². The molecule has 0 spiro atoms. The van der Waals surface area contributed by atoms with Crippen LogP contribution < -0.4 is 9.47 Å². The van der Waals surface area contributed by atoms with E-state index in [1.54, 1.807) is 32.4 Å².